The van der Waals surface area contributed by atoms with E-state index in [4.69, 9.17) is 19.1 Å². The molecule has 2 fully saturated rings. The number of carbonyl (C=O) groups excluding carboxylic acids is 2. The maximum absolute atomic E-state index is 14.9. The molecule has 0 radical (unpaired) electrons. The van der Waals surface area contributed by atoms with Gasteiger partial charge in [0.05, 0.1) is 13.2 Å². The van der Waals surface area contributed by atoms with Crippen LogP contribution in [0.15, 0.2) is 10.6 Å². The van der Waals surface area contributed by atoms with Gasteiger partial charge in [-0.1, -0.05) is 5.16 Å². The third kappa shape index (κ3) is 4.52. The summed E-state index contributed by atoms with van der Waals surface area (Å²) in [4.78, 5) is 35.6. The topological polar surface area (TPSA) is 131 Å². The Bertz CT molecular complexity index is 739. The molecule has 28 heavy (non-hydrogen) atoms. The molecule has 1 aliphatic carbocycles. The summed E-state index contributed by atoms with van der Waals surface area (Å²) < 4.78 is 29.5. The number of esters is 1. The molecule has 1 saturated heterocycles. The highest BCUT2D eigenvalue weighted by Crippen LogP contribution is 2.45. The summed E-state index contributed by atoms with van der Waals surface area (Å²) in [6.07, 6.45) is -1.41. The Morgan fingerprint density at radius 3 is 2.64 bits per heavy atom. The monoisotopic (exact) mass is 399 g/mol. The van der Waals surface area contributed by atoms with Crippen molar-refractivity contribution in [3.8, 4) is 0 Å². The van der Waals surface area contributed by atoms with E-state index in [1.165, 1.54) is 11.0 Å². The minimum Gasteiger partial charge on any atom is -0.465 e. The number of carbonyl (C=O) groups is 3. The zero-order valence-corrected chi connectivity index (χ0v) is 15.4. The minimum atomic E-state index is -1.58. The van der Waals surface area contributed by atoms with Crippen LogP contribution < -0.4 is 5.32 Å². The van der Waals surface area contributed by atoms with Gasteiger partial charge in [-0.2, -0.15) is 0 Å². The molecule has 0 spiro atoms. The Balaban J connectivity index is 1.40. The Labute approximate surface area is 159 Å². The zero-order valence-electron chi connectivity index (χ0n) is 15.4. The molecule has 10 nitrogen and oxygen atoms in total. The van der Waals surface area contributed by atoms with Crippen LogP contribution >= 0.6 is 0 Å². The van der Waals surface area contributed by atoms with E-state index in [-0.39, 0.29) is 55.9 Å². The van der Waals surface area contributed by atoms with Crippen LogP contribution in [0.2, 0.25) is 0 Å². The first-order chi connectivity index (χ1) is 13.3. The van der Waals surface area contributed by atoms with Crippen LogP contribution in [0.1, 0.15) is 36.0 Å². The summed E-state index contributed by atoms with van der Waals surface area (Å²) >= 11 is 0. The first-order valence-corrected chi connectivity index (χ1v) is 9.00. The number of aromatic nitrogens is 1. The van der Waals surface area contributed by atoms with E-state index in [1.807, 2.05) is 0 Å². The number of likely N-dealkylation sites (tertiary alicyclic amines) is 1. The average Bonchev–Trinajstić information content (AvgIpc) is 3.32. The molecule has 2 N–H and O–H groups in total. The molecule has 1 saturated carbocycles. The number of hydrogen-bond donors (Lipinski definition) is 2. The Morgan fingerprint density at radius 2 is 2.04 bits per heavy atom. The average molecular weight is 399 g/mol. The first-order valence-electron chi connectivity index (χ1n) is 9.00. The number of hydrogen-bond acceptors (Lipinski definition) is 7. The van der Waals surface area contributed by atoms with E-state index in [0.29, 0.717) is 13.1 Å². The summed E-state index contributed by atoms with van der Waals surface area (Å²) in [5, 5.41) is 14.9. The molecule has 2 amide bonds. The van der Waals surface area contributed by atoms with Gasteiger partial charge in [0.2, 0.25) is 0 Å². The summed E-state index contributed by atoms with van der Waals surface area (Å²) in [6.45, 7) is 2.02. The lowest BCUT2D eigenvalue weighted by molar-refractivity contribution is 0.0514. The van der Waals surface area contributed by atoms with E-state index in [9.17, 15) is 18.8 Å². The van der Waals surface area contributed by atoms with Gasteiger partial charge in [0.1, 0.15) is 5.67 Å². The molecular weight excluding hydrogens is 377 g/mol. The molecular formula is C17H22FN3O7. The number of nitrogens with one attached hydrogen (secondary N) is 1. The van der Waals surface area contributed by atoms with E-state index in [2.05, 4.69) is 10.5 Å². The number of alkyl carbamates (subject to hydrolysis) is 1. The largest absolute Gasteiger partial charge is 0.465 e. The molecule has 2 heterocycles. The number of carboxylic acid groups (broad SMARTS) is 1. The molecule has 1 aliphatic heterocycles. The Hall–Kier alpha value is -2.85. The standard InChI is InChI=1S/C17H22FN3O7/c1-2-26-14(22)13-3-12(28-20-13)8-27-15(23)19-9-17(18)4-10-6-21(16(24)25)7-11(10)5-17/h3,10-11H,2,4-9H2,1H3,(H,19,23)(H,24,25)/t10-,11+,17?. The van der Waals surface area contributed by atoms with Crippen LogP contribution in [0.5, 0.6) is 0 Å². The van der Waals surface area contributed by atoms with Crippen molar-refractivity contribution in [1.82, 2.24) is 15.4 Å². The second kappa shape index (κ2) is 8.03. The number of ether oxygens (including phenoxy) is 2. The van der Waals surface area contributed by atoms with E-state index in [0.717, 1.165) is 0 Å². The molecule has 1 aromatic heterocycles. The number of rotatable bonds is 6. The number of amides is 2. The summed E-state index contributed by atoms with van der Waals surface area (Å²) in [7, 11) is 0. The van der Waals surface area contributed by atoms with Crippen molar-refractivity contribution in [2.75, 3.05) is 26.2 Å². The highest BCUT2D eigenvalue weighted by molar-refractivity contribution is 5.87. The van der Waals surface area contributed by atoms with Gasteiger partial charge in [-0.05, 0) is 31.6 Å². The first kappa shape index (κ1) is 19.9. The number of halogens is 1. The van der Waals surface area contributed by atoms with Gasteiger partial charge in [-0.25, -0.2) is 18.8 Å². The van der Waals surface area contributed by atoms with Gasteiger partial charge >= 0.3 is 18.2 Å². The Kier molecular flexibility index (Phi) is 5.71. The lowest BCUT2D eigenvalue weighted by Crippen LogP contribution is -2.40. The van der Waals surface area contributed by atoms with Crippen molar-refractivity contribution in [3.63, 3.8) is 0 Å². The number of nitrogens with zero attached hydrogens (tertiary/aromatic N) is 2. The summed E-state index contributed by atoms with van der Waals surface area (Å²) in [5.41, 5.74) is -1.61. The number of alkyl halides is 1. The van der Waals surface area contributed by atoms with Crippen molar-refractivity contribution in [2.45, 2.75) is 32.0 Å². The predicted molar refractivity (Wildman–Crippen MR) is 90.3 cm³/mol. The lowest BCUT2D eigenvalue weighted by atomic mass is 10.0. The van der Waals surface area contributed by atoms with Crippen molar-refractivity contribution in [2.24, 2.45) is 11.8 Å². The highest BCUT2D eigenvalue weighted by atomic mass is 19.1. The van der Waals surface area contributed by atoms with Crippen LogP contribution in [0, 0.1) is 11.8 Å². The third-order valence-electron chi connectivity index (χ3n) is 5.04. The van der Waals surface area contributed by atoms with Crippen LogP contribution in [-0.4, -0.2) is 65.2 Å². The van der Waals surface area contributed by atoms with Crippen LogP contribution in [0.3, 0.4) is 0 Å². The molecule has 3 atom stereocenters. The van der Waals surface area contributed by atoms with Gasteiger partial charge in [0.25, 0.3) is 0 Å². The SMILES string of the molecule is CCOC(=O)c1cc(COC(=O)NCC2(F)C[C@H]3CN(C(=O)O)C[C@H]3C2)on1. The third-order valence-corrected chi connectivity index (χ3v) is 5.04. The van der Waals surface area contributed by atoms with E-state index < -0.39 is 23.8 Å². The predicted octanol–water partition coefficient (Wildman–Crippen LogP) is 1.81. The molecule has 154 valence electrons. The van der Waals surface area contributed by atoms with Crippen molar-refractivity contribution in [1.29, 1.82) is 0 Å². The van der Waals surface area contributed by atoms with Gasteiger partial charge in [0, 0.05) is 19.2 Å². The maximum atomic E-state index is 14.9. The minimum absolute atomic E-state index is 0.0310. The van der Waals surface area contributed by atoms with Gasteiger partial charge in [-0.15, -0.1) is 0 Å². The molecule has 2 aliphatic rings. The molecule has 3 rings (SSSR count). The van der Waals surface area contributed by atoms with Gasteiger partial charge < -0.3 is 29.3 Å². The van der Waals surface area contributed by atoms with E-state index >= 15 is 0 Å². The summed E-state index contributed by atoms with van der Waals surface area (Å²) in [5.74, 6) is -0.560. The number of fused-ring (bicyclic) bond motifs is 1. The second-order valence-corrected chi connectivity index (χ2v) is 7.10. The van der Waals surface area contributed by atoms with Crippen LogP contribution in [0.25, 0.3) is 0 Å². The van der Waals surface area contributed by atoms with Gasteiger partial charge in [-0.3, -0.25) is 0 Å². The van der Waals surface area contributed by atoms with Crippen molar-refractivity contribution < 1.29 is 37.9 Å². The van der Waals surface area contributed by atoms with Gasteiger partial charge in [0.15, 0.2) is 18.1 Å². The fraction of sp³-hybridized carbons (Fsp3) is 0.647. The highest BCUT2D eigenvalue weighted by Gasteiger charge is 2.50. The van der Waals surface area contributed by atoms with Crippen LogP contribution in [-0.2, 0) is 16.1 Å². The maximum Gasteiger partial charge on any atom is 0.407 e. The van der Waals surface area contributed by atoms with E-state index in [1.54, 1.807) is 6.92 Å². The zero-order chi connectivity index (χ0) is 20.3. The normalized spacial score (nSPS) is 26.0. The molecule has 1 aromatic rings. The smallest absolute Gasteiger partial charge is 0.407 e. The van der Waals surface area contributed by atoms with Crippen LogP contribution in [0.4, 0.5) is 14.0 Å². The molecule has 0 bridgehead atoms. The lowest BCUT2D eigenvalue weighted by Gasteiger charge is -2.22. The molecule has 11 heteroatoms. The quantitative estimate of drug-likeness (QED) is 0.693. The molecule has 0 aromatic carbocycles. The summed E-state index contributed by atoms with van der Waals surface area (Å²) in [6, 6.07) is 1.30. The molecule has 1 unspecified atom stereocenters. The van der Waals surface area contributed by atoms with Crippen molar-refractivity contribution >= 4 is 18.2 Å². The fourth-order valence-corrected chi connectivity index (χ4v) is 3.83. The van der Waals surface area contributed by atoms with Crippen molar-refractivity contribution in [3.05, 3.63) is 17.5 Å². The fourth-order valence-electron chi connectivity index (χ4n) is 3.83. The second-order valence-electron chi connectivity index (χ2n) is 7.10. The Morgan fingerprint density at radius 1 is 1.36 bits per heavy atom.